The van der Waals surface area contributed by atoms with Gasteiger partial charge in [-0.1, -0.05) is 30.3 Å². The molecule has 0 spiro atoms. The maximum Gasteiger partial charge on any atom is 0.326 e. The third kappa shape index (κ3) is 4.85. The topological polar surface area (TPSA) is 78.4 Å². The van der Waals surface area contributed by atoms with E-state index in [0.717, 1.165) is 17.8 Å². The zero-order chi connectivity index (χ0) is 16.7. The van der Waals surface area contributed by atoms with Crippen LogP contribution in [0.5, 0.6) is 0 Å². The third-order valence-corrected chi connectivity index (χ3v) is 3.41. The normalized spacial score (nSPS) is 11.5. The first-order valence-electron chi connectivity index (χ1n) is 7.51. The van der Waals surface area contributed by atoms with Crippen LogP contribution in [0.15, 0.2) is 54.6 Å². The summed E-state index contributed by atoms with van der Waals surface area (Å²) in [6, 6.07) is 15.2. The number of benzene rings is 2. The van der Waals surface area contributed by atoms with E-state index in [1.165, 1.54) is 0 Å². The molecular weight excluding hydrogens is 292 g/mol. The van der Waals surface area contributed by atoms with Crippen LogP contribution in [0.3, 0.4) is 0 Å². The molecule has 2 aromatic carbocycles. The molecule has 0 bridgehead atoms. The molecule has 0 heterocycles. The predicted octanol–water partition coefficient (Wildman–Crippen LogP) is 2.54. The molecule has 2 aromatic rings. The van der Waals surface area contributed by atoms with E-state index in [1.54, 1.807) is 24.3 Å². The Morgan fingerprint density at radius 1 is 1.04 bits per heavy atom. The molecule has 0 radical (unpaired) electrons. The molecule has 2 rings (SSSR count). The number of nitrogens with one attached hydrogen (secondary N) is 2. The number of anilines is 1. The van der Waals surface area contributed by atoms with E-state index in [4.69, 9.17) is 0 Å². The van der Waals surface area contributed by atoms with Gasteiger partial charge in [0.1, 0.15) is 6.04 Å². The lowest BCUT2D eigenvalue weighted by Crippen LogP contribution is -2.42. The van der Waals surface area contributed by atoms with Gasteiger partial charge < -0.3 is 15.7 Å². The van der Waals surface area contributed by atoms with Crippen LogP contribution in [0.2, 0.25) is 0 Å². The minimum atomic E-state index is -1.05. The molecule has 1 amide bonds. The lowest BCUT2D eigenvalue weighted by atomic mass is 10.1. The van der Waals surface area contributed by atoms with Gasteiger partial charge in [-0.2, -0.15) is 0 Å². The highest BCUT2D eigenvalue weighted by Gasteiger charge is 2.21. The number of hydrogen-bond donors (Lipinski definition) is 3. The van der Waals surface area contributed by atoms with Crippen LogP contribution in [0.4, 0.5) is 5.69 Å². The fraction of sp³-hybridized carbons (Fsp3) is 0.222. The molecule has 5 nitrogen and oxygen atoms in total. The van der Waals surface area contributed by atoms with Crippen molar-refractivity contribution < 1.29 is 14.7 Å². The largest absolute Gasteiger partial charge is 0.480 e. The van der Waals surface area contributed by atoms with Gasteiger partial charge in [-0.3, -0.25) is 4.79 Å². The number of rotatable bonds is 7. The molecular formula is C18H20N2O3. The van der Waals surface area contributed by atoms with Gasteiger partial charge >= 0.3 is 5.97 Å². The van der Waals surface area contributed by atoms with Gasteiger partial charge in [0.2, 0.25) is 0 Å². The van der Waals surface area contributed by atoms with Crippen LogP contribution in [0.1, 0.15) is 22.8 Å². The molecule has 1 atom stereocenters. The second kappa shape index (κ2) is 7.98. The van der Waals surface area contributed by atoms with E-state index < -0.39 is 17.9 Å². The van der Waals surface area contributed by atoms with Crippen molar-refractivity contribution in [3.05, 3.63) is 65.7 Å². The molecule has 0 saturated carbocycles. The second-order valence-corrected chi connectivity index (χ2v) is 5.16. The van der Waals surface area contributed by atoms with Gasteiger partial charge in [-0.05, 0) is 36.8 Å². The van der Waals surface area contributed by atoms with Crippen LogP contribution >= 0.6 is 0 Å². The van der Waals surface area contributed by atoms with Crippen molar-refractivity contribution in [1.29, 1.82) is 0 Å². The van der Waals surface area contributed by atoms with Crippen molar-refractivity contribution in [3.63, 3.8) is 0 Å². The second-order valence-electron chi connectivity index (χ2n) is 5.16. The average molecular weight is 312 g/mol. The maximum atomic E-state index is 12.2. The fourth-order valence-electron chi connectivity index (χ4n) is 2.24. The van der Waals surface area contributed by atoms with E-state index in [1.807, 2.05) is 37.3 Å². The number of carboxylic acids is 1. The summed E-state index contributed by atoms with van der Waals surface area (Å²) in [5.41, 5.74) is 2.22. The van der Waals surface area contributed by atoms with Crippen molar-refractivity contribution >= 4 is 17.6 Å². The summed E-state index contributed by atoms with van der Waals surface area (Å²) in [5.74, 6) is -1.44. The highest BCUT2D eigenvalue weighted by atomic mass is 16.4. The molecule has 1 unspecified atom stereocenters. The Bertz CT molecular complexity index is 654. The van der Waals surface area contributed by atoms with Crippen molar-refractivity contribution in [2.45, 2.75) is 19.4 Å². The van der Waals surface area contributed by atoms with Crippen LogP contribution in [-0.4, -0.2) is 29.6 Å². The van der Waals surface area contributed by atoms with Crippen LogP contribution < -0.4 is 10.6 Å². The molecule has 0 fully saturated rings. The van der Waals surface area contributed by atoms with Crippen molar-refractivity contribution in [1.82, 2.24) is 5.32 Å². The molecule has 120 valence electrons. The summed E-state index contributed by atoms with van der Waals surface area (Å²) in [6.45, 7) is 2.78. The maximum absolute atomic E-state index is 12.2. The van der Waals surface area contributed by atoms with Gasteiger partial charge in [0, 0.05) is 24.2 Å². The summed E-state index contributed by atoms with van der Waals surface area (Å²) < 4.78 is 0. The first-order valence-corrected chi connectivity index (χ1v) is 7.51. The highest BCUT2D eigenvalue weighted by molar-refractivity contribution is 5.96. The molecule has 0 aliphatic heterocycles. The first kappa shape index (κ1) is 16.5. The highest BCUT2D eigenvalue weighted by Crippen LogP contribution is 2.10. The third-order valence-electron chi connectivity index (χ3n) is 3.41. The molecule has 23 heavy (non-hydrogen) atoms. The zero-order valence-corrected chi connectivity index (χ0v) is 13.0. The van der Waals surface area contributed by atoms with E-state index in [9.17, 15) is 14.7 Å². The molecule has 0 aromatic heterocycles. The van der Waals surface area contributed by atoms with Crippen molar-refractivity contribution in [3.8, 4) is 0 Å². The number of carbonyl (C=O) groups is 2. The quantitative estimate of drug-likeness (QED) is 0.734. The Morgan fingerprint density at radius 2 is 1.70 bits per heavy atom. The fourth-order valence-corrected chi connectivity index (χ4v) is 2.24. The predicted molar refractivity (Wildman–Crippen MR) is 89.6 cm³/mol. The molecule has 0 aliphatic carbocycles. The van der Waals surface area contributed by atoms with Gasteiger partial charge in [0.05, 0.1) is 0 Å². The number of aliphatic carboxylic acids is 1. The van der Waals surface area contributed by atoms with Gasteiger partial charge in [0.15, 0.2) is 0 Å². The van der Waals surface area contributed by atoms with E-state index in [-0.39, 0.29) is 6.42 Å². The Balaban J connectivity index is 2.04. The summed E-state index contributed by atoms with van der Waals surface area (Å²) in [7, 11) is 0. The van der Waals surface area contributed by atoms with Gasteiger partial charge in [-0.25, -0.2) is 4.79 Å². The van der Waals surface area contributed by atoms with Crippen LogP contribution in [-0.2, 0) is 11.2 Å². The van der Waals surface area contributed by atoms with E-state index in [0.29, 0.717) is 5.56 Å². The molecule has 3 N–H and O–H groups in total. The minimum Gasteiger partial charge on any atom is -0.480 e. The van der Waals surface area contributed by atoms with Crippen LogP contribution in [0, 0.1) is 0 Å². The average Bonchev–Trinajstić information content (AvgIpc) is 2.56. The Hall–Kier alpha value is -2.82. The Kier molecular flexibility index (Phi) is 5.74. The van der Waals surface area contributed by atoms with Gasteiger partial charge in [-0.15, -0.1) is 0 Å². The smallest absolute Gasteiger partial charge is 0.326 e. The summed E-state index contributed by atoms with van der Waals surface area (Å²) in [4.78, 5) is 23.6. The lowest BCUT2D eigenvalue weighted by Gasteiger charge is -2.15. The van der Waals surface area contributed by atoms with Crippen molar-refractivity contribution in [2.24, 2.45) is 0 Å². The summed E-state index contributed by atoms with van der Waals surface area (Å²) in [5, 5.41) is 15.0. The van der Waals surface area contributed by atoms with Crippen molar-refractivity contribution in [2.75, 3.05) is 11.9 Å². The zero-order valence-electron chi connectivity index (χ0n) is 13.0. The van der Waals surface area contributed by atoms with Gasteiger partial charge in [0.25, 0.3) is 5.91 Å². The molecule has 5 heteroatoms. The number of carbonyl (C=O) groups excluding carboxylic acids is 1. The number of amides is 1. The standard InChI is InChI=1S/C18H20N2O3/c1-2-19-15-10-8-14(9-11-15)17(21)20-16(18(22)23)12-13-6-4-3-5-7-13/h3-11,16,19H,2,12H2,1H3,(H,20,21)(H,22,23). The van der Waals surface area contributed by atoms with E-state index in [2.05, 4.69) is 10.6 Å². The molecule has 0 aliphatic rings. The summed E-state index contributed by atoms with van der Waals surface area (Å²) >= 11 is 0. The lowest BCUT2D eigenvalue weighted by molar-refractivity contribution is -0.139. The van der Waals surface area contributed by atoms with Crippen LogP contribution in [0.25, 0.3) is 0 Å². The SMILES string of the molecule is CCNc1ccc(C(=O)NC(Cc2ccccc2)C(=O)O)cc1. The number of carboxylic acid groups (broad SMARTS) is 1. The molecule has 0 saturated heterocycles. The first-order chi connectivity index (χ1) is 11.1. The summed E-state index contributed by atoms with van der Waals surface area (Å²) in [6.07, 6.45) is 0.247. The monoisotopic (exact) mass is 312 g/mol. The minimum absolute atomic E-state index is 0.247. The Labute approximate surface area is 135 Å². The van der Waals surface area contributed by atoms with E-state index >= 15 is 0 Å². The number of hydrogen-bond acceptors (Lipinski definition) is 3. The Morgan fingerprint density at radius 3 is 2.26 bits per heavy atom.